The molecule has 128 valence electrons. The van der Waals surface area contributed by atoms with Crippen LogP contribution in [0, 0.1) is 5.92 Å². The zero-order chi connectivity index (χ0) is 15.5. The minimum Gasteiger partial charge on any atom is -0.356 e. The maximum atomic E-state index is 4.43. The van der Waals surface area contributed by atoms with Gasteiger partial charge in [-0.05, 0) is 18.8 Å². The topological polar surface area (TPSA) is 49.3 Å². The number of aryl methyl sites for hydroxylation is 1. The maximum Gasteiger partial charge on any atom is 0.190 e. The second-order valence-corrected chi connectivity index (χ2v) is 6.84. The summed E-state index contributed by atoms with van der Waals surface area (Å²) in [5.41, 5.74) is 0. The van der Waals surface area contributed by atoms with Gasteiger partial charge in [-0.15, -0.1) is 35.3 Å². The molecular formula is C16H31IN4S. The van der Waals surface area contributed by atoms with Crippen LogP contribution in [-0.4, -0.2) is 31.1 Å². The quantitative estimate of drug-likeness (QED) is 0.267. The highest BCUT2D eigenvalue weighted by atomic mass is 127. The van der Waals surface area contributed by atoms with Crippen LogP contribution in [0.5, 0.6) is 0 Å². The predicted molar refractivity (Wildman–Crippen MR) is 109 cm³/mol. The molecular weight excluding hydrogens is 407 g/mol. The van der Waals surface area contributed by atoms with Crippen LogP contribution in [0.3, 0.4) is 0 Å². The third-order valence-corrected chi connectivity index (χ3v) is 4.51. The van der Waals surface area contributed by atoms with Crippen molar-refractivity contribution in [2.45, 2.75) is 52.9 Å². The first kappa shape index (κ1) is 21.6. The summed E-state index contributed by atoms with van der Waals surface area (Å²) >= 11 is 1.81. The Hall–Kier alpha value is -0.370. The van der Waals surface area contributed by atoms with Crippen molar-refractivity contribution in [2.75, 3.05) is 20.1 Å². The summed E-state index contributed by atoms with van der Waals surface area (Å²) in [6.45, 7) is 8.58. The van der Waals surface area contributed by atoms with Crippen molar-refractivity contribution < 1.29 is 0 Å². The lowest BCUT2D eigenvalue weighted by molar-refractivity contribution is 0.534. The fourth-order valence-electron chi connectivity index (χ4n) is 2.02. The third kappa shape index (κ3) is 9.61. The monoisotopic (exact) mass is 438 g/mol. The van der Waals surface area contributed by atoms with Gasteiger partial charge in [0, 0.05) is 37.6 Å². The summed E-state index contributed by atoms with van der Waals surface area (Å²) in [6, 6.07) is 0. The average molecular weight is 438 g/mol. The van der Waals surface area contributed by atoms with Crippen molar-refractivity contribution in [3.05, 3.63) is 16.1 Å². The lowest BCUT2D eigenvalue weighted by Gasteiger charge is -2.11. The van der Waals surface area contributed by atoms with Crippen LogP contribution < -0.4 is 10.6 Å². The number of nitrogens with zero attached hydrogens (tertiary/aromatic N) is 2. The molecule has 4 nitrogen and oxygen atoms in total. The number of hydrogen-bond donors (Lipinski definition) is 2. The lowest BCUT2D eigenvalue weighted by Crippen LogP contribution is -2.38. The van der Waals surface area contributed by atoms with Crippen molar-refractivity contribution in [1.29, 1.82) is 0 Å². The van der Waals surface area contributed by atoms with Crippen molar-refractivity contribution in [2.24, 2.45) is 10.9 Å². The molecule has 0 aliphatic rings. The number of unbranched alkanes of at least 4 members (excludes halogenated alkanes) is 1. The highest BCUT2D eigenvalue weighted by Gasteiger charge is 2.02. The van der Waals surface area contributed by atoms with E-state index in [0.29, 0.717) is 0 Å². The van der Waals surface area contributed by atoms with Gasteiger partial charge in [0.1, 0.15) is 0 Å². The second kappa shape index (κ2) is 13.1. The van der Waals surface area contributed by atoms with E-state index in [1.165, 1.54) is 29.1 Å². The molecule has 1 heterocycles. The van der Waals surface area contributed by atoms with E-state index in [1.807, 2.05) is 24.6 Å². The molecule has 1 rings (SSSR count). The third-order valence-electron chi connectivity index (χ3n) is 3.31. The Bertz CT molecular complexity index is 418. The molecule has 1 aromatic rings. The molecule has 0 unspecified atom stereocenters. The first-order valence-electron chi connectivity index (χ1n) is 8.03. The fourth-order valence-corrected chi connectivity index (χ4v) is 2.88. The van der Waals surface area contributed by atoms with Crippen LogP contribution in [0.1, 0.15) is 49.9 Å². The molecule has 22 heavy (non-hydrogen) atoms. The SMILES string of the molecule is CCc1cnc(CCNC(=NC)NCCCCC(C)C)s1.I. The lowest BCUT2D eigenvalue weighted by atomic mass is 10.1. The van der Waals surface area contributed by atoms with Crippen molar-refractivity contribution >= 4 is 41.3 Å². The van der Waals surface area contributed by atoms with Gasteiger partial charge < -0.3 is 10.6 Å². The molecule has 0 saturated carbocycles. The van der Waals surface area contributed by atoms with E-state index in [-0.39, 0.29) is 24.0 Å². The van der Waals surface area contributed by atoms with Gasteiger partial charge in [-0.3, -0.25) is 4.99 Å². The molecule has 6 heteroatoms. The first-order valence-corrected chi connectivity index (χ1v) is 8.85. The molecule has 0 saturated heterocycles. The van der Waals surface area contributed by atoms with E-state index in [4.69, 9.17) is 0 Å². The van der Waals surface area contributed by atoms with E-state index in [9.17, 15) is 0 Å². The van der Waals surface area contributed by atoms with Crippen LogP contribution in [0.2, 0.25) is 0 Å². The Labute approximate surface area is 156 Å². The van der Waals surface area contributed by atoms with Gasteiger partial charge in [0.15, 0.2) is 5.96 Å². The van der Waals surface area contributed by atoms with Crippen molar-refractivity contribution in [3.63, 3.8) is 0 Å². The number of guanidine groups is 1. The van der Waals surface area contributed by atoms with E-state index in [2.05, 4.69) is 41.4 Å². The molecule has 0 radical (unpaired) electrons. The van der Waals surface area contributed by atoms with E-state index >= 15 is 0 Å². The molecule has 0 atom stereocenters. The van der Waals surface area contributed by atoms with E-state index in [0.717, 1.165) is 37.8 Å². The summed E-state index contributed by atoms with van der Waals surface area (Å²) < 4.78 is 0. The highest BCUT2D eigenvalue weighted by molar-refractivity contribution is 14.0. The number of aromatic nitrogens is 1. The molecule has 0 aliphatic carbocycles. The number of aliphatic imine (C=N–C) groups is 1. The van der Waals surface area contributed by atoms with Gasteiger partial charge in [-0.25, -0.2) is 4.98 Å². The largest absolute Gasteiger partial charge is 0.356 e. The molecule has 0 aliphatic heterocycles. The summed E-state index contributed by atoms with van der Waals surface area (Å²) in [5.74, 6) is 1.69. The van der Waals surface area contributed by atoms with Gasteiger partial charge in [0.25, 0.3) is 0 Å². The average Bonchev–Trinajstić information content (AvgIpc) is 2.92. The number of nitrogens with one attached hydrogen (secondary N) is 2. The Morgan fingerprint density at radius 2 is 2.00 bits per heavy atom. The predicted octanol–water partition coefficient (Wildman–Crippen LogP) is 3.86. The summed E-state index contributed by atoms with van der Waals surface area (Å²) in [7, 11) is 1.82. The molecule has 0 aromatic carbocycles. The molecule has 0 amide bonds. The number of hydrogen-bond acceptors (Lipinski definition) is 3. The molecule has 0 spiro atoms. The van der Waals surface area contributed by atoms with Gasteiger partial charge in [-0.2, -0.15) is 0 Å². The van der Waals surface area contributed by atoms with Gasteiger partial charge >= 0.3 is 0 Å². The normalized spacial score (nSPS) is 11.4. The summed E-state index contributed by atoms with van der Waals surface area (Å²) in [4.78, 5) is 10.0. The van der Waals surface area contributed by atoms with E-state index in [1.54, 1.807) is 0 Å². The van der Waals surface area contributed by atoms with Crippen LogP contribution in [-0.2, 0) is 12.8 Å². The van der Waals surface area contributed by atoms with Crippen molar-refractivity contribution in [1.82, 2.24) is 15.6 Å². The molecule has 0 bridgehead atoms. The van der Waals surface area contributed by atoms with Crippen molar-refractivity contribution in [3.8, 4) is 0 Å². The van der Waals surface area contributed by atoms with Gasteiger partial charge in [0.05, 0.1) is 5.01 Å². The molecule has 2 N–H and O–H groups in total. The first-order chi connectivity index (χ1) is 10.2. The van der Waals surface area contributed by atoms with Crippen LogP contribution in [0.25, 0.3) is 0 Å². The zero-order valence-electron chi connectivity index (χ0n) is 14.3. The smallest absolute Gasteiger partial charge is 0.190 e. The standard InChI is InChI=1S/C16H30N4S.HI/c1-5-14-12-20-15(21-14)9-11-19-16(17-4)18-10-7-6-8-13(2)3;/h12-13H,5-11H2,1-4H3,(H2,17,18,19);1H. The second-order valence-electron chi connectivity index (χ2n) is 5.64. The number of halogens is 1. The Morgan fingerprint density at radius 1 is 1.27 bits per heavy atom. The number of rotatable bonds is 9. The molecule has 0 fully saturated rings. The van der Waals surface area contributed by atoms with Crippen LogP contribution >= 0.6 is 35.3 Å². The van der Waals surface area contributed by atoms with E-state index < -0.39 is 0 Å². The maximum absolute atomic E-state index is 4.43. The number of thiazole rings is 1. The minimum absolute atomic E-state index is 0. The fraction of sp³-hybridized carbons (Fsp3) is 0.750. The van der Waals surface area contributed by atoms with Gasteiger partial charge in [-0.1, -0.05) is 33.6 Å². The van der Waals surface area contributed by atoms with Crippen LogP contribution in [0.15, 0.2) is 11.2 Å². The molecule has 1 aromatic heterocycles. The Morgan fingerprint density at radius 3 is 2.59 bits per heavy atom. The Kier molecular flexibility index (Phi) is 12.9. The summed E-state index contributed by atoms with van der Waals surface area (Å²) in [5, 5.41) is 7.92. The highest BCUT2D eigenvalue weighted by Crippen LogP contribution is 2.13. The summed E-state index contributed by atoms with van der Waals surface area (Å²) in [6.07, 6.45) is 7.80. The zero-order valence-corrected chi connectivity index (χ0v) is 17.5. The Balaban J connectivity index is 0.00000441. The minimum atomic E-state index is 0. The van der Waals surface area contributed by atoms with Crippen LogP contribution in [0.4, 0.5) is 0 Å². The van der Waals surface area contributed by atoms with Gasteiger partial charge in [0.2, 0.25) is 0 Å².